The summed E-state index contributed by atoms with van der Waals surface area (Å²) in [7, 11) is 0. The fraction of sp³-hybridized carbons (Fsp3) is 0.375. The SMILES string of the molecule is CCCNCc1ccc(-c2ccc(C)cc2C)o1. The Balaban J connectivity index is 2.13. The van der Waals surface area contributed by atoms with Gasteiger partial charge in [0.15, 0.2) is 0 Å². The number of nitrogens with one attached hydrogen (secondary N) is 1. The second kappa shape index (κ2) is 5.87. The molecule has 0 amide bonds. The molecule has 0 spiro atoms. The molecule has 0 saturated carbocycles. The Morgan fingerprint density at radius 3 is 2.67 bits per heavy atom. The van der Waals surface area contributed by atoms with Crippen molar-refractivity contribution < 1.29 is 4.42 Å². The fourth-order valence-corrected chi connectivity index (χ4v) is 2.10. The molecule has 1 N–H and O–H groups in total. The van der Waals surface area contributed by atoms with Crippen LogP contribution < -0.4 is 5.32 Å². The Morgan fingerprint density at radius 1 is 1.11 bits per heavy atom. The van der Waals surface area contributed by atoms with Gasteiger partial charge in [0, 0.05) is 5.56 Å². The van der Waals surface area contributed by atoms with E-state index >= 15 is 0 Å². The van der Waals surface area contributed by atoms with Gasteiger partial charge in [0.1, 0.15) is 11.5 Å². The maximum absolute atomic E-state index is 5.87. The van der Waals surface area contributed by atoms with E-state index in [0.717, 1.165) is 31.0 Å². The highest BCUT2D eigenvalue weighted by molar-refractivity contribution is 5.62. The standard InChI is InChI=1S/C16H21NO/c1-4-9-17-11-14-6-8-16(18-14)15-7-5-12(2)10-13(15)3/h5-8,10,17H,4,9,11H2,1-3H3. The first kappa shape index (κ1) is 12.9. The largest absolute Gasteiger partial charge is 0.460 e. The molecule has 2 rings (SSSR count). The van der Waals surface area contributed by atoms with E-state index in [9.17, 15) is 0 Å². The van der Waals surface area contributed by atoms with Gasteiger partial charge in [0.2, 0.25) is 0 Å². The summed E-state index contributed by atoms with van der Waals surface area (Å²) in [6, 6.07) is 10.6. The van der Waals surface area contributed by atoms with Gasteiger partial charge in [0.05, 0.1) is 6.54 Å². The molecule has 1 heterocycles. The normalized spacial score (nSPS) is 10.8. The Kier molecular flexibility index (Phi) is 4.21. The van der Waals surface area contributed by atoms with Crippen molar-refractivity contribution in [1.82, 2.24) is 5.32 Å². The summed E-state index contributed by atoms with van der Waals surface area (Å²) in [6.45, 7) is 8.23. The van der Waals surface area contributed by atoms with E-state index < -0.39 is 0 Å². The van der Waals surface area contributed by atoms with Crippen molar-refractivity contribution in [2.45, 2.75) is 33.7 Å². The molecule has 0 saturated heterocycles. The fourth-order valence-electron chi connectivity index (χ4n) is 2.10. The number of hydrogen-bond donors (Lipinski definition) is 1. The van der Waals surface area contributed by atoms with Gasteiger partial charge in [-0.3, -0.25) is 0 Å². The first-order chi connectivity index (χ1) is 8.70. The molecule has 2 heteroatoms. The lowest BCUT2D eigenvalue weighted by atomic mass is 10.0. The molecule has 0 radical (unpaired) electrons. The highest BCUT2D eigenvalue weighted by Gasteiger charge is 2.07. The topological polar surface area (TPSA) is 25.2 Å². The predicted octanol–water partition coefficient (Wildman–Crippen LogP) is 4.06. The van der Waals surface area contributed by atoms with Crippen LogP contribution in [0.5, 0.6) is 0 Å². The van der Waals surface area contributed by atoms with E-state index in [4.69, 9.17) is 4.42 Å². The van der Waals surface area contributed by atoms with E-state index in [0.29, 0.717) is 0 Å². The average Bonchev–Trinajstić information content (AvgIpc) is 2.78. The summed E-state index contributed by atoms with van der Waals surface area (Å²) in [5, 5.41) is 3.35. The van der Waals surface area contributed by atoms with Gasteiger partial charge in [-0.25, -0.2) is 0 Å². The molecule has 1 aromatic heterocycles. The van der Waals surface area contributed by atoms with Gasteiger partial charge in [-0.15, -0.1) is 0 Å². The van der Waals surface area contributed by atoms with Crippen LogP contribution in [0, 0.1) is 13.8 Å². The van der Waals surface area contributed by atoms with Crippen molar-refractivity contribution in [1.29, 1.82) is 0 Å². The lowest BCUT2D eigenvalue weighted by Gasteiger charge is -2.04. The Labute approximate surface area is 109 Å². The molecule has 0 aliphatic carbocycles. The molecular formula is C16H21NO. The summed E-state index contributed by atoms with van der Waals surface area (Å²) in [5.74, 6) is 1.96. The third kappa shape index (κ3) is 3.02. The minimum Gasteiger partial charge on any atom is -0.460 e. The summed E-state index contributed by atoms with van der Waals surface area (Å²) in [6.07, 6.45) is 1.14. The van der Waals surface area contributed by atoms with Gasteiger partial charge < -0.3 is 9.73 Å². The third-order valence-electron chi connectivity index (χ3n) is 3.04. The second-order valence-corrected chi connectivity index (χ2v) is 4.76. The smallest absolute Gasteiger partial charge is 0.134 e. The van der Waals surface area contributed by atoms with E-state index in [2.05, 4.69) is 56.4 Å². The number of aryl methyl sites for hydroxylation is 2. The van der Waals surface area contributed by atoms with Crippen LogP contribution in [0.3, 0.4) is 0 Å². The molecule has 96 valence electrons. The minimum absolute atomic E-state index is 0.804. The average molecular weight is 243 g/mol. The summed E-state index contributed by atoms with van der Waals surface area (Å²) in [5.41, 5.74) is 3.73. The van der Waals surface area contributed by atoms with Crippen LogP contribution >= 0.6 is 0 Å². The summed E-state index contributed by atoms with van der Waals surface area (Å²) < 4.78 is 5.87. The first-order valence-electron chi connectivity index (χ1n) is 6.57. The van der Waals surface area contributed by atoms with Crippen LogP contribution in [-0.2, 0) is 6.54 Å². The molecule has 0 bridgehead atoms. The lowest BCUT2D eigenvalue weighted by Crippen LogP contribution is -2.12. The van der Waals surface area contributed by atoms with Crippen molar-refractivity contribution in [3.63, 3.8) is 0 Å². The van der Waals surface area contributed by atoms with Crippen LogP contribution in [0.1, 0.15) is 30.2 Å². The maximum Gasteiger partial charge on any atom is 0.134 e. The molecule has 2 aromatic rings. The van der Waals surface area contributed by atoms with Crippen molar-refractivity contribution in [3.8, 4) is 11.3 Å². The van der Waals surface area contributed by atoms with Gasteiger partial charge in [0.25, 0.3) is 0 Å². The first-order valence-corrected chi connectivity index (χ1v) is 6.57. The van der Waals surface area contributed by atoms with E-state index in [-0.39, 0.29) is 0 Å². The molecule has 0 unspecified atom stereocenters. The zero-order chi connectivity index (χ0) is 13.0. The van der Waals surface area contributed by atoms with E-state index in [1.807, 2.05) is 0 Å². The zero-order valence-corrected chi connectivity index (χ0v) is 11.4. The van der Waals surface area contributed by atoms with Crippen molar-refractivity contribution in [3.05, 3.63) is 47.2 Å². The minimum atomic E-state index is 0.804. The number of rotatable bonds is 5. The number of furan rings is 1. The van der Waals surface area contributed by atoms with Gasteiger partial charge >= 0.3 is 0 Å². The molecule has 0 fully saturated rings. The summed E-state index contributed by atoms with van der Waals surface area (Å²) in [4.78, 5) is 0. The number of hydrogen-bond acceptors (Lipinski definition) is 2. The van der Waals surface area contributed by atoms with Crippen LogP contribution in [0.4, 0.5) is 0 Å². The van der Waals surface area contributed by atoms with Gasteiger partial charge in [-0.05, 0) is 44.5 Å². The quantitative estimate of drug-likeness (QED) is 0.801. The second-order valence-electron chi connectivity index (χ2n) is 4.76. The monoisotopic (exact) mass is 243 g/mol. The van der Waals surface area contributed by atoms with Crippen LogP contribution in [0.25, 0.3) is 11.3 Å². The molecule has 18 heavy (non-hydrogen) atoms. The van der Waals surface area contributed by atoms with Gasteiger partial charge in [-0.2, -0.15) is 0 Å². The molecule has 1 aromatic carbocycles. The molecular weight excluding hydrogens is 222 g/mol. The van der Waals surface area contributed by atoms with Crippen molar-refractivity contribution in [2.24, 2.45) is 0 Å². The molecule has 2 nitrogen and oxygen atoms in total. The maximum atomic E-state index is 5.87. The lowest BCUT2D eigenvalue weighted by molar-refractivity contribution is 0.493. The highest BCUT2D eigenvalue weighted by atomic mass is 16.3. The van der Waals surface area contributed by atoms with E-state index in [1.54, 1.807) is 0 Å². The summed E-state index contributed by atoms with van der Waals surface area (Å²) >= 11 is 0. The molecule has 0 aliphatic heterocycles. The van der Waals surface area contributed by atoms with Crippen LogP contribution in [-0.4, -0.2) is 6.54 Å². The Hall–Kier alpha value is -1.54. The number of benzene rings is 1. The van der Waals surface area contributed by atoms with Crippen molar-refractivity contribution >= 4 is 0 Å². The zero-order valence-electron chi connectivity index (χ0n) is 11.4. The van der Waals surface area contributed by atoms with E-state index in [1.165, 1.54) is 16.7 Å². The van der Waals surface area contributed by atoms with Crippen molar-refractivity contribution in [2.75, 3.05) is 6.54 Å². The van der Waals surface area contributed by atoms with Crippen LogP contribution in [0.15, 0.2) is 34.7 Å². The Bertz CT molecular complexity index is 514. The Morgan fingerprint density at radius 2 is 1.94 bits per heavy atom. The highest BCUT2D eigenvalue weighted by Crippen LogP contribution is 2.26. The molecule has 0 atom stereocenters. The molecule has 0 aliphatic rings. The predicted molar refractivity (Wildman–Crippen MR) is 75.6 cm³/mol. The van der Waals surface area contributed by atoms with Gasteiger partial charge in [-0.1, -0.05) is 30.7 Å². The third-order valence-corrected chi connectivity index (χ3v) is 3.04. The van der Waals surface area contributed by atoms with Crippen LogP contribution in [0.2, 0.25) is 0 Å².